The second-order valence-corrected chi connectivity index (χ2v) is 5.22. The topological polar surface area (TPSA) is 55.6 Å². The normalized spacial score (nSPS) is 27.6. The second-order valence-electron chi connectivity index (χ2n) is 5.22. The van der Waals surface area contributed by atoms with E-state index in [-0.39, 0.29) is 11.9 Å². The smallest absolute Gasteiger partial charge is 0.248 e. The van der Waals surface area contributed by atoms with Crippen LogP contribution < -0.4 is 5.73 Å². The van der Waals surface area contributed by atoms with Crippen LogP contribution in [0.2, 0.25) is 0 Å². The van der Waals surface area contributed by atoms with Crippen molar-refractivity contribution in [3.05, 3.63) is 0 Å². The molecule has 1 aliphatic heterocycles. The lowest BCUT2D eigenvalue weighted by Gasteiger charge is -2.43. The van der Waals surface area contributed by atoms with Gasteiger partial charge in [0.05, 0.1) is 6.61 Å². The molecule has 0 aromatic rings. The van der Waals surface area contributed by atoms with E-state index in [1.54, 1.807) is 0 Å². The summed E-state index contributed by atoms with van der Waals surface area (Å²) >= 11 is 0. The van der Waals surface area contributed by atoms with Crippen LogP contribution in [0.4, 0.5) is 0 Å². The van der Waals surface area contributed by atoms with Crippen molar-refractivity contribution in [3.8, 4) is 0 Å². The van der Waals surface area contributed by atoms with Gasteiger partial charge in [-0.05, 0) is 26.2 Å². The first-order chi connectivity index (χ1) is 7.43. The van der Waals surface area contributed by atoms with Gasteiger partial charge in [0, 0.05) is 18.6 Å². The first kappa shape index (κ1) is 13.5. The molecule has 1 heterocycles. The zero-order valence-electron chi connectivity index (χ0n) is 10.8. The minimum atomic E-state index is -0.446. The molecule has 94 valence electrons. The summed E-state index contributed by atoms with van der Waals surface area (Å²) in [6.07, 6.45) is 0.504. The molecule has 0 radical (unpaired) electrons. The van der Waals surface area contributed by atoms with E-state index in [0.29, 0.717) is 18.6 Å². The largest absolute Gasteiger partial charge is 0.367 e. The van der Waals surface area contributed by atoms with Crippen LogP contribution in [0, 0.1) is 5.92 Å². The Balaban J connectivity index is 2.80. The first-order valence-corrected chi connectivity index (χ1v) is 6.10. The molecule has 1 fully saturated rings. The number of hydrogen-bond acceptors (Lipinski definition) is 3. The Morgan fingerprint density at radius 1 is 1.44 bits per heavy atom. The van der Waals surface area contributed by atoms with E-state index in [0.717, 1.165) is 13.0 Å². The monoisotopic (exact) mass is 228 g/mol. The molecule has 4 heteroatoms. The molecule has 0 aromatic carbocycles. The molecule has 1 aliphatic rings. The molecule has 0 spiro atoms. The highest BCUT2D eigenvalue weighted by Crippen LogP contribution is 2.22. The number of hydrogen-bond donors (Lipinski definition) is 1. The Bertz CT molecular complexity index is 241. The lowest BCUT2D eigenvalue weighted by atomic mass is 9.95. The molecule has 2 N–H and O–H groups in total. The number of nitrogens with two attached hydrogens (primary N) is 1. The van der Waals surface area contributed by atoms with E-state index < -0.39 is 6.10 Å². The molecule has 0 aromatic heterocycles. The Hall–Kier alpha value is -0.610. The lowest BCUT2D eigenvalue weighted by Crippen LogP contribution is -2.58. The molecule has 0 bridgehead atoms. The van der Waals surface area contributed by atoms with Crippen LogP contribution in [0.1, 0.15) is 34.1 Å². The molecule has 0 aliphatic carbocycles. The Kier molecular flexibility index (Phi) is 4.74. The van der Waals surface area contributed by atoms with E-state index in [4.69, 9.17) is 10.5 Å². The number of ether oxygens (including phenoxy) is 1. The van der Waals surface area contributed by atoms with Gasteiger partial charge in [0.1, 0.15) is 0 Å². The van der Waals surface area contributed by atoms with Crippen LogP contribution in [0.3, 0.4) is 0 Å². The van der Waals surface area contributed by atoms with Gasteiger partial charge in [-0.2, -0.15) is 0 Å². The van der Waals surface area contributed by atoms with Crippen molar-refractivity contribution < 1.29 is 9.53 Å². The van der Waals surface area contributed by atoms with Gasteiger partial charge in [0.15, 0.2) is 6.10 Å². The predicted molar refractivity (Wildman–Crippen MR) is 64.0 cm³/mol. The van der Waals surface area contributed by atoms with E-state index in [1.807, 2.05) is 0 Å². The third-order valence-electron chi connectivity index (χ3n) is 3.08. The maximum absolute atomic E-state index is 11.4. The van der Waals surface area contributed by atoms with Gasteiger partial charge in [-0.3, -0.25) is 9.69 Å². The molecule has 4 nitrogen and oxygen atoms in total. The van der Waals surface area contributed by atoms with Crippen molar-refractivity contribution in [2.45, 2.75) is 52.3 Å². The standard InChI is InChI=1S/C12H24N2O2/c1-8(2)7-10-11(12(13)15)16-6-5-14(10)9(3)4/h8-11H,5-7H2,1-4H3,(H2,13,15). The van der Waals surface area contributed by atoms with E-state index in [9.17, 15) is 4.79 Å². The molecule has 1 rings (SSSR count). The fourth-order valence-corrected chi connectivity index (χ4v) is 2.39. The van der Waals surface area contributed by atoms with Crippen molar-refractivity contribution in [1.82, 2.24) is 4.90 Å². The third-order valence-corrected chi connectivity index (χ3v) is 3.08. The van der Waals surface area contributed by atoms with Crippen LogP contribution >= 0.6 is 0 Å². The minimum absolute atomic E-state index is 0.131. The quantitative estimate of drug-likeness (QED) is 0.781. The average molecular weight is 228 g/mol. The van der Waals surface area contributed by atoms with Crippen LogP contribution in [-0.2, 0) is 9.53 Å². The SMILES string of the molecule is CC(C)CC1C(C(N)=O)OCCN1C(C)C. The summed E-state index contributed by atoms with van der Waals surface area (Å²) in [6, 6.07) is 0.556. The van der Waals surface area contributed by atoms with Gasteiger partial charge in [0.2, 0.25) is 5.91 Å². The predicted octanol–water partition coefficient (Wildman–Crippen LogP) is 0.996. The minimum Gasteiger partial charge on any atom is -0.367 e. The van der Waals surface area contributed by atoms with Gasteiger partial charge in [-0.1, -0.05) is 13.8 Å². The molecule has 0 saturated carbocycles. The molecule has 1 saturated heterocycles. The molecule has 1 amide bonds. The Morgan fingerprint density at radius 2 is 2.06 bits per heavy atom. The van der Waals surface area contributed by atoms with Crippen molar-refractivity contribution >= 4 is 5.91 Å². The van der Waals surface area contributed by atoms with Gasteiger partial charge in [-0.25, -0.2) is 0 Å². The number of carbonyl (C=O) groups excluding carboxylic acids is 1. The van der Waals surface area contributed by atoms with Crippen molar-refractivity contribution in [3.63, 3.8) is 0 Å². The second kappa shape index (κ2) is 5.64. The van der Waals surface area contributed by atoms with E-state index in [1.165, 1.54) is 0 Å². The summed E-state index contributed by atoms with van der Waals surface area (Å²) in [5.74, 6) is 0.200. The summed E-state index contributed by atoms with van der Waals surface area (Å²) in [4.78, 5) is 13.7. The zero-order valence-corrected chi connectivity index (χ0v) is 10.8. The number of primary amides is 1. The van der Waals surface area contributed by atoms with Gasteiger partial charge in [0.25, 0.3) is 0 Å². The van der Waals surface area contributed by atoms with Crippen LogP contribution in [-0.4, -0.2) is 42.1 Å². The average Bonchev–Trinajstić information content (AvgIpc) is 2.16. The maximum Gasteiger partial charge on any atom is 0.248 e. The fraction of sp³-hybridized carbons (Fsp3) is 0.917. The number of nitrogens with zero attached hydrogens (tertiary/aromatic N) is 1. The number of amides is 1. The third kappa shape index (κ3) is 3.19. The lowest BCUT2D eigenvalue weighted by molar-refractivity contribution is -0.144. The number of rotatable bonds is 4. The molecule has 2 atom stereocenters. The Morgan fingerprint density at radius 3 is 2.50 bits per heavy atom. The maximum atomic E-state index is 11.4. The number of carbonyl (C=O) groups is 1. The summed E-state index contributed by atoms with van der Waals surface area (Å²) in [6.45, 7) is 10.1. The highest BCUT2D eigenvalue weighted by Gasteiger charge is 2.37. The number of morpholine rings is 1. The van der Waals surface area contributed by atoms with Crippen molar-refractivity contribution in [1.29, 1.82) is 0 Å². The highest BCUT2D eigenvalue weighted by atomic mass is 16.5. The van der Waals surface area contributed by atoms with Crippen LogP contribution in [0.15, 0.2) is 0 Å². The van der Waals surface area contributed by atoms with E-state index >= 15 is 0 Å². The van der Waals surface area contributed by atoms with Crippen molar-refractivity contribution in [2.24, 2.45) is 11.7 Å². The molecule has 16 heavy (non-hydrogen) atoms. The van der Waals surface area contributed by atoms with Crippen LogP contribution in [0.5, 0.6) is 0 Å². The molecule has 2 unspecified atom stereocenters. The summed E-state index contributed by atoms with van der Waals surface area (Å²) in [5, 5.41) is 0. The zero-order chi connectivity index (χ0) is 12.3. The van der Waals surface area contributed by atoms with Crippen LogP contribution in [0.25, 0.3) is 0 Å². The van der Waals surface area contributed by atoms with Gasteiger partial charge >= 0.3 is 0 Å². The fourth-order valence-electron chi connectivity index (χ4n) is 2.39. The summed E-state index contributed by atoms with van der Waals surface area (Å²) < 4.78 is 5.52. The Labute approximate surface area is 98.1 Å². The summed E-state index contributed by atoms with van der Waals surface area (Å²) in [5.41, 5.74) is 5.41. The summed E-state index contributed by atoms with van der Waals surface area (Å²) in [7, 11) is 0. The van der Waals surface area contributed by atoms with Gasteiger partial charge in [-0.15, -0.1) is 0 Å². The van der Waals surface area contributed by atoms with E-state index in [2.05, 4.69) is 32.6 Å². The highest BCUT2D eigenvalue weighted by molar-refractivity contribution is 5.79. The first-order valence-electron chi connectivity index (χ1n) is 6.10. The van der Waals surface area contributed by atoms with Crippen molar-refractivity contribution in [2.75, 3.05) is 13.2 Å². The molecular weight excluding hydrogens is 204 g/mol. The van der Waals surface area contributed by atoms with Gasteiger partial charge < -0.3 is 10.5 Å². The molecular formula is C12H24N2O2.